The standard InChI is InChI=1S/C14H17N3O/c1-2-4-11(5-3-1)8-13-16-14(18-17-13)10-15-9-12-6-7-12/h1-5,12,15H,6-10H2. The number of rotatable bonds is 6. The van der Waals surface area contributed by atoms with E-state index in [1.807, 2.05) is 18.2 Å². The van der Waals surface area contributed by atoms with Gasteiger partial charge < -0.3 is 9.84 Å². The van der Waals surface area contributed by atoms with Crippen LogP contribution in [0.1, 0.15) is 30.1 Å². The van der Waals surface area contributed by atoms with Crippen LogP contribution < -0.4 is 5.32 Å². The molecule has 4 nitrogen and oxygen atoms in total. The van der Waals surface area contributed by atoms with E-state index in [0.29, 0.717) is 12.4 Å². The third-order valence-corrected chi connectivity index (χ3v) is 3.12. The molecule has 1 saturated carbocycles. The van der Waals surface area contributed by atoms with Crippen LogP contribution in [0.4, 0.5) is 0 Å². The van der Waals surface area contributed by atoms with Gasteiger partial charge in [0.25, 0.3) is 0 Å². The molecule has 4 heteroatoms. The van der Waals surface area contributed by atoms with Gasteiger partial charge in [0.2, 0.25) is 5.89 Å². The fourth-order valence-electron chi connectivity index (χ4n) is 1.92. The van der Waals surface area contributed by atoms with Crippen LogP contribution in [-0.2, 0) is 13.0 Å². The highest BCUT2D eigenvalue weighted by atomic mass is 16.5. The van der Waals surface area contributed by atoms with E-state index in [-0.39, 0.29) is 0 Å². The summed E-state index contributed by atoms with van der Waals surface area (Å²) in [6.45, 7) is 1.74. The van der Waals surface area contributed by atoms with Crippen LogP contribution in [0.15, 0.2) is 34.9 Å². The van der Waals surface area contributed by atoms with Crippen molar-refractivity contribution in [1.82, 2.24) is 15.5 Å². The summed E-state index contributed by atoms with van der Waals surface area (Å²) in [4.78, 5) is 4.38. The van der Waals surface area contributed by atoms with Crippen molar-refractivity contribution in [1.29, 1.82) is 0 Å². The van der Waals surface area contributed by atoms with Crippen molar-refractivity contribution in [2.75, 3.05) is 6.54 Å². The molecular weight excluding hydrogens is 226 g/mol. The van der Waals surface area contributed by atoms with E-state index in [9.17, 15) is 0 Å². The molecule has 0 spiro atoms. The summed E-state index contributed by atoms with van der Waals surface area (Å²) in [7, 11) is 0. The molecule has 1 aromatic carbocycles. The summed E-state index contributed by atoms with van der Waals surface area (Å²) in [5.74, 6) is 2.31. The lowest BCUT2D eigenvalue weighted by atomic mass is 10.1. The average molecular weight is 243 g/mol. The van der Waals surface area contributed by atoms with Gasteiger partial charge in [-0.1, -0.05) is 35.5 Å². The molecule has 1 aromatic heterocycles. The van der Waals surface area contributed by atoms with Crippen molar-refractivity contribution >= 4 is 0 Å². The molecule has 1 aliphatic rings. The predicted octanol–water partition coefficient (Wildman–Crippen LogP) is 2.16. The summed E-state index contributed by atoms with van der Waals surface area (Å²) >= 11 is 0. The minimum Gasteiger partial charge on any atom is -0.338 e. The van der Waals surface area contributed by atoms with E-state index >= 15 is 0 Å². The van der Waals surface area contributed by atoms with Gasteiger partial charge in [0, 0.05) is 6.42 Å². The topological polar surface area (TPSA) is 51.0 Å². The molecule has 2 aromatic rings. The van der Waals surface area contributed by atoms with Crippen LogP contribution in [0, 0.1) is 5.92 Å². The summed E-state index contributed by atoms with van der Waals surface area (Å²) in [6, 6.07) is 10.2. The van der Waals surface area contributed by atoms with Crippen LogP contribution in [0.2, 0.25) is 0 Å². The highest BCUT2D eigenvalue weighted by Crippen LogP contribution is 2.27. The molecule has 0 atom stereocenters. The Bertz CT molecular complexity index is 491. The summed E-state index contributed by atoms with van der Waals surface area (Å²) in [5.41, 5.74) is 1.20. The number of aromatic nitrogens is 2. The molecule has 1 heterocycles. The van der Waals surface area contributed by atoms with Crippen molar-refractivity contribution < 1.29 is 4.52 Å². The van der Waals surface area contributed by atoms with E-state index in [4.69, 9.17) is 4.52 Å². The number of benzene rings is 1. The van der Waals surface area contributed by atoms with Gasteiger partial charge in [0.1, 0.15) is 0 Å². The van der Waals surface area contributed by atoms with Gasteiger partial charge in [0.15, 0.2) is 5.82 Å². The fraction of sp³-hybridized carbons (Fsp3) is 0.429. The van der Waals surface area contributed by atoms with Crippen LogP contribution in [0.25, 0.3) is 0 Å². The highest BCUT2D eigenvalue weighted by Gasteiger charge is 2.20. The van der Waals surface area contributed by atoms with Gasteiger partial charge in [-0.3, -0.25) is 0 Å². The van der Waals surface area contributed by atoms with Crippen LogP contribution >= 0.6 is 0 Å². The second-order valence-electron chi connectivity index (χ2n) is 4.84. The summed E-state index contributed by atoms with van der Waals surface area (Å²) in [6.07, 6.45) is 3.44. The Morgan fingerprint density at radius 3 is 2.83 bits per heavy atom. The molecule has 0 unspecified atom stereocenters. The third kappa shape index (κ3) is 3.17. The Morgan fingerprint density at radius 1 is 1.22 bits per heavy atom. The third-order valence-electron chi connectivity index (χ3n) is 3.12. The zero-order chi connectivity index (χ0) is 12.2. The predicted molar refractivity (Wildman–Crippen MR) is 68.0 cm³/mol. The average Bonchev–Trinajstić information content (AvgIpc) is 3.11. The van der Waals surface area contributed by atoms with Gasteiger partial charge in [-0.15, -0.1) is 0 Å². The van der Waals surface area contributed by atoms with E-state index in [2.05, 4.69) is 27.6 Å². The molecule has 0 radical (unpaired) electrons. The molecule has 0 aliphatic heterocycles. The van der Waals surface area contributed by atoms with Gasteiger partial charge in [-0.05, 0) is 30.9 Å². The fourth-order valence-corrected chi connectivity index (χ4v) is 1.92. The molecule has 0 saturated heterocycles. The van der Waals surface area contributed by atoms with E-state index in [0.717, 1.165) is 24.7 Å². The lowest BCUT2D eigenvalue weighted by Gasteiger charge is -1.97. The minimum atomic E-state index is 0.679. The maximum atomic E-state index is 5.22. The molecule has 94 valence electrons. The first kappa shape index (κ1) is 11.4. The van der Waals surface area contributed by atoms with Crippen molar-refractivity contribution in [2.24, 2.45) is 5.92 Å². The smallest absolute Gasteiger partial charge is 0.240 e. The van der Waals surface area contributed by atoms with E-state index in [1.165, 1.54) is 18.4 Å². The lowest BCUT2D eigenvalue weighted by molar-refractivity contribution is 0.362. The van der Waals surface area contributed by atoms with Gasteiger partial charge in [0.05, 0.1) is 6.54 Å². The Hall–Kier alpha value is -1.68. The Labute approximate surface area is 106 Å². The highest BCUT2D eigenvalue weighted by molar-refractivity contribution is 5.18. The van der Waals surface area contributed by atoms with Crippen molar-refractivity contribution in [3.8, 4) is 0 Å². The lowest BCUT2D eigenvalue weighted by Crippen LogP contribution is -2.16. The molecule has 3 rings (SSSR count). The summed E-state index contributed by atoms with van der Waals surface area (Å²) in [5, 5.41) is 7.34. The zero-order valence-corrected chi connectivity index (χ0v) is 10.3. The van der Waals surface area contributed by atoms with Crippen LogP contribution in [-0.4, -0.2) is 16.7 Å². The Morgan fingerprint density at radius 2 is 2.06 bits per heavy atom. The SMILES string of the molecule is c1ccc(Cc2noc(CNCC3CC3)n2)cc1. The van der Waals surface area contributed by atoms with Crippen molar-refractivity contribution in [3.63, 3.8) is 0 Å². The molecule has 18 heavy (non-hydrogen) atoms. The van der Waals surface area contributed by atoms with Crippen LogP contribution in [0.3, 0.4) is 0 Å². The molecule has 0 bridgehead atoms. The monoisotopic (exact) mass is 243 g/mol. The second-order valence-corrected chi connectivity index (χ2v) is 4.84. The maximum Gasteiger partial charge on any atom is 0.240 e. The molecule has 0 amide bonds. The number of hydrogen-bond donors (Lipinski definition) is 1. The zero-order valence-electron chi connectivity index (χ0n) is 10.3. The minimum absolute atomic E-state index is 0.679. The molecule has 1 aliphatic carbocycles. The Balaban J connectivity index is 1.52. The van der Waals surface area contributed by atoms with Crippen molar-refractivity contribution in [2.45, 2.75) is 25.8 Å². The quantitative estimate of drug-likeness (QED) is 0.844. The van der Waals surface area contributed by atoms with E-state index < -0.39 is 0 Å². The molecular formula is C14H17N3O. The number of nitrogens with zero attached hydrogens (tertiary/aromatic N) is 2. The molecule has 1 fully saturated rings. The van der Waals surface area contributed by atoms with Crippen LogP contribution in [0.5, 0.6) is 0 Å². The first-order valence-electron chi connectivity index (χ1n) is 6.46. The largest absolute Gasteiger partial charge is 0.338 e. The van der Waals surface area contributed by atoms with E-state index in [1.54, 1.807) is 0 Å². The van der Waals surface area contributed by atoms with Gasteiger partial charge in [-0.25, -0.2) is 0 Å². The van der Waals surface area contributed by atoms with Gasteiger partial charge in [-0.2, -0.15) is 4.98 Å². The first-order valence-corrected chi connectivity index (χ1v) is 6.46. The maximum absolute atomic E-state index is 5.22. The number of hydrogen-bond acceptors (Lipinski definition) is 4. The first-order chi connectivity index (χ1) is 8.90. The number of nitrogens with one attached hydrogen (secondary N) is 1. The normalized spacial score (nSPS) is 14.9. The second kappa shape index (κ2) is 5.31. The van der Waals surface area contributed by atoms with Crippen molar-refractivity contribution in [3.05, 3.63) is 47.6 Å². The summed E-state index contributed by atoms with van der Waals surface area (Å²) < 4.78 is 5.22. The Kier molecular flexibility index (Phi) is 3.37. The van der Waals surface area contributed by atoms with Gasteiger partial charge >= 0.3 is 0 Å². The molecule has 1 N–H and O–H groups in total.